The maximum atomic E-state index is 10.1. The molecule has 0 bridgehead atoms. The van der Waals surface area contributed by atoms with Crippen molar-refractivity contribution in [2.45, 2.75) is 58.1 Å². The predicted octanol–water partition coefficient (Wildman–Crippen LogP) is 1.55. The van der Waals surface area contributed by atoms with Crippen molar-refractivity contribution in [3.8, 4) is 0 Å². The summed E-state index contributed by atoms with van der Waals surface area (Å²) in [6.45, 7) is 7.67. The molecule has 5 nitrogen and oxygen atoms in total. The number of likely N-dealkylation sites (tertiary alicyclic amines) is 1. The van der Waals surface area contributed by atoms with Gasteiger partial charge in [-0.1, -0.05) is 0 Å². The molecule has 2 heterocycles. The molecule has 1 atom stereocenters. The lowest BCUT2D eigenvalue weighted by Crippen LogP contribution is -2.45. The predicted molar refractivity (Wildman–Crippen MR) is 68.2 cm³/mol. The molecule has 0 aromatic carbocycles. The molecule has 1 aromatic rings. The summed E-state index contributed by atoms with van der Waals surface area (Å²) in [5.41, 5.74) is -0.614. The van der Waals surface area contributed by atoms with E-state index in [0.717, 1.165) is 32.4 Å². The van der Waals surface area contributed by atoms with Gasteiger partial charge in [-0.25, -0.2) is 0 Å². The number of nitrogens with zero attached hydrogens (tertiary/aromatic N) is 3. The molecule has 1 aliphatic heterocycles. The second kappa shape index (κ2) is 5.36. The molecule has 1 saturated heterocycles. The molecule has 0 amide bonds. The Labute approximate surface area is 108 Å². The molecule has 2 rings (SSSR count). The topological polar surface area (TPSA) is 62.4 Å². The lowest BCUT2D eigenvalue weighted by molar-refractivity contribution is -0.00266. The average molecular weight is 253 g/mol. The smallest absolute Gasteiger partial charge is 0.216 e. The Bertz CT molecular complexity index is 384. The van der Waals surface area contributed by atoms with Crippen molar-refractivity contribution >= 4 is 0 Å². The first-order chi connectivity index (χ1) is 8.47. The summed E-state index contributed by atoms with van der Waals surface area (Å²) in [6, 6.07) is 0.280. The standard InChI is InChI=1S/C13H23N3O2/c1-10-14-15-12(18-10)7-5-9-16-8-4-6-11(16)13(2,3)17/h11,17H,4-9H2,1-3H3. The summed E-state index contributed by atoms with van der Waals surface area (Å²) >= 11 is 0. The molecule has 1 aromatic heterocycles. The van der Waals surface area contributed by atoms with Gasteiger partial charge >= 0.3 is 0 Å². The van der Waals surface area contributed by atoms with Crippen LogP contribution < -0.4 is 0 Å². The molecule has 1 fully saturated rings. The minimum atomic E-state index is -0.614. The van der Waals surface area contributed by atoms with Crippen LogP contribution in [-0.4, -0.2) is 44.9 Å². The number of aliphatic hydroxyl groups is 1. The first-order valence-corrected chi connectivity index (χ1v) is 6.72. The molecule has 102 valence electrons. The molecule has 0 radical (unpaired) electrons. The number of rotatable bonds is 5. The van der Waals surface area contributed by atoms with Gasteiger partial charge in [-0.3, -0.25) is 4.90 Å². The highest BCUT2D eigenvalue weighted by molar-refractivity contribution is 4.91. The van der Waals surface area contributed by atoms with E-state index < -0.39 is 5.60 Å². The quantitative estimate of drug-likeness (QED) is 0.862. The van der Waals surface area contributed by atoms with Gasteiger partial charge in [-0.2, -0.15) is 0 Å². The molecule has 5 heteroatoms. The fourth-order valence-electron chi connectivity index (χ4n) is 2.77. The Morgan fingerprint density at radius 2 is 2.22 bits per heavy atom. The van der Waals surface area contributed by atoms with E-state index in [0.29, 0.717) is 11.8 Å². The van der Waals surface area contributed by atoms with Crippen molar-refractivity contribution < 1.29 is 9.52 Å². The lowest BCUT2D eigenvalue weighted by Gasteiger charge is -2.33. The van der Waals surface area contributed by atoms with Crippen LogP contribution in [0.25, 0.3) is 0 Å². The van der Waals surface area contributed by atoms with Crippen LogP contribution in [0, 0.1) is 6.92 Å². The zero-order valence-corrected chi connectivity index (χ0v) is 11.5. The van der Waals surface area contributed by atoms with E-state index in [9.17, 15) is 5.11 Å². The Kier molecular flexibility index (Phi) is 4.02. The fraction of sp³-hybridized carbons (Fsp3) is 0.846. The van der Waals surface area contributed by atoms with Crippen molar-refractivity contribution in [1.29, 1.82) is 0 Å². The van der Waals surface area contributed by atoms with Gasteiger partial charge in [0, 0.05) is 19.4 Å². The van der Waals surface area contributed by atoms with Crippen LogP contribution in [0.4, 0.5) is 0 Å². The summed E-state index contributed by atoms with van der Waals surface area (Å²) in [4.78, 5) is 2.38. The Morgan fingerprint density at radius 1 is 1.44 bits per heavy atom. The van der Waals surface area contributed by atoms with E-state index in [-0.39, 0.29) is 6.04 Å². The molecule has 1 N–H and O–H groups in total. The van der Waals surface area contributed by atoms with Crippen LogP contribution in [0.3, 0.4) is 0 Å². The monoisotopic (exact) mass is 253 g/mol. The highest BCUT2D eigenvalue weighted by Gasteiger charge is 2.35. The second-order valence-corrected chi connectivity index (χ2v) is 5.67. The van der Waals surface area contributed by atoms with Crippen LogP contribution in [0.15, 0.2) is 4.42 Å². The van der Waals surface area contributed by atoms with Crippen LogP contribution >= 0.6 is 0 Å². The first-order valence-electron chi connectivity index (χ1n) is 6.72. The van der Waals surface area contributed by atoms with Crippen LogP contribution in [0.1, 0.15) is 44.9 Å². The summed E-state index contributed by atoms with van der Waals surface area (Å²) in [5.74, 6) is 1.34. The lowest BCUT2D eigenvalue weighted by atomic mass is 9.96. The van der Waals surface area contributed by atoms with E-state index >= 15 is 0 Å². The van der Waals surface area contributed by atoms with Gasteiger partial charge in [-0.05, 0) is 46.2 Å². The van der Waals surface area contributed by atoms with Gasteiger partial charge in [0.25, 0.3) is 0 Å². The van der Waals surface area contributed by atoms with E-state index in [1.807, 2.05) is 13.8 Å². The summed E-state index contributed by atoms with van der Waals surface area (Å²) < 4.78 is 5.35. The van der Waals surface area contributed by atoms with Crippen LogP contribution in [0.5, 0.6) is 0 Å². The second-order valence-electron chi connectivity index (χ2n) is 5.67. The van der Waals surface area contributed by atoms with Crippen LogP contribution in [-0.2, 0) is 6.42 Å². The number of aromatic nitrogens is 2. The van der Waals surface area contributed by atoms with Gasteiger partial charge in [-0.15, -0.1) is 10.2 Å². The third kappa shape index (κ3) is 3.29. The minimum Gasteiger partial charge on any atom is -0.426 e. The van der Waals surface area contributed by atoms with E-state index in [1.165, 1.54) is 6.42 Å². The highest BCUT2D eigenvalue weighted by Crippen LogP contribution is 2.26. The Morgan fingerprint density at radius 3 is 2.83 bits per heavy atom. The zero-order chi connectivity index (χ0) is 13.2. The molecule has 0 aliphatic carbocycles. The summed E-state index contributed by atoms with van der Waals surface area (Å²) in [6.07, 6.45) is 4.07. The molecule has 18 heavy (non-hydrogen) atoms. The average Bonchev–Trinajstić information content (AvgIpc) is 2.86. The first kappa shape index (κ1) is 13.5. The molecule has 1 aliphatic rings. The Balaban J connectivity index is 1.79. The third-order valence-corrected chi connectivity index (χ3v) is 3.58. The molecule has 0 spiro atoms. The normalized spacial score (nSPS) is 21.7. The van der Waals surface area contributed by atoms with Crippen molar-refractivity contribution in [3.05, 3.63) is 11.8 Å². The SMILES string of the molecule is Cc1nnc(CCCN2CCCC2C(C)(C)O)o1. The number of hydrogen-bond donors (Lipinski definition) is 1. The maximum Gasteiger partial charge on any atom is 0.216 e. The fourth-order valence-corrected chi connectivity index (χ4v) is 2.77. The van der Waals surface area contributed by atoms with Gasteiger partial charge in [0.05, 0.1) is 5.60 Å². The zero-order valence-electron chi connectivity index (χ0n) is 11.5. The summed E-state index contributed by atoms with van der Waals surface area (Å²) in [7, 11) is 0. The van der Waals surface area contributed by atoms with Gasteiger partial charge < -0.3 is 9.52 Å². The van der Waals surface area contributed by atoms with Crippen molar-refractivity contribution in [1.82, 2.24) is 15.1 Å². The van der Waals surface area contributed by atoms with Crippen molar-refractivity contribution in [2.24, 2.45) is 0 Å². The van der Waals surface area contributed by atoms with E-state index in [4.69, 9.17) is 4.42 Å². The van der Waals surface area contributed by atoms with E-state index in [1.54, 1.807) is 6.92 Å². The van der Waals surface area contributed by atoms with E-state index in [2.05, 4.69) is 15.1 Å². The molecule has 1 unspecified atom stereocenters. The largest absolute Gasteiger partial charge is 0.426 e. The number of hydrogen-bond acceptors (Lipinski definition) is 5. The molecular weight excluding hydrogens is 230 g/mol. The molecular formula is C13H23N3O2. The summed E-state index contributed by atoms with van der Waals surface area (Å²) in [5, 5.41) is 17.9. The molecule has 0 saturated carbocycles. The van der Waals surface area contributed by atoms with Crippen molar-refractivity contribution in [2.75, 3.05) is 13.1 Å². The Hall–Kier alpha value is -0.940. The van der Waals surface area contributed by atoms with Gasteiger partial charge in [0.1, 0.15) is 0 Å². The van der Waals surface area contributed by atoms with Gasteiger partial charge in [0.2, 0.25) is 11.8 Å². The van der Waals surface area contributed by atoms with Crippen LogP contribution in [0.2, 0.25) is 0 Å². The number of aryl methyl sites for hydroxylation is 2. The highest BCUT2D eigenvalue weighted by atomic mass is 16.4. The van der Waals surface area contributed by atoms with Crippen molar-refractivity contribution in [3.63, 3.8) is 0 Å². The third-order valence-electron chi connectivity index (χ3n) is 3.58. The van der Waals surface area contributed by atoms with Gasteiger partial charge in [0.15, 0.2) is 0 Å². The maximum absolute atomic E-state index is 10.1. The minimum absolute atomic E-state index is 0.280.